The topological polar surface area (TPSA) is 131 Å². The van der Waals surface area contributed by atoms with E-state index in [1.807, 2.05) is 4.72 Å². The number of halogens is 2. The van der Waals surface area contributed by atoms with Gasteiger partial charge in [-0.2, -0.15) is 0 Å². The van der Waals surface area contributed by atoms with E-state index in [9.17, 15) is 32.2 Å². The minimum Gasteiger partial charge on any atom is -0.463 e. The van der Waals surface area contributed by atoms with Crippen molar-refractivity contribution in [2.24, 2.45) is 0 Å². The fourth-order valence-corrected chi connectivity index (χ4v) is 5.14. The van der Waals surface area contributed by atoms with Gasteiger partial charge in [-0.15, -0.1) is 0 Å². The molecule has 12 heteroatoms. The molecule has 1 heterocycles. The van der Waals surface area contributed by atoms with E-state index in [1.54, 1.807) is 6.92 Å². The van der Waals surface area contributed by atoms with Gasteiger partial charge in [-0.05, 0) is 31.6 Å². The molecule has 3 N–H and O–H groups in total. The summed E-state index contributed by atoms with van der Waals surface area (Å²) in [5, 5.41) is 17.4. The number of esters is 1. The number of benzene rings is 1. The predicted molar refractivity (Wildman–Crippen MR) is 103 cm³/mol. The van der Waals surface area contributed by atoms with Crippen molar-refractivity contribution in [1.82, 2.24) is 0 Å². The van der Waals surface area contributed by atoms with Crippen molar-refractivity contribution >= 4 is 21.7 Å². The normalized spacial score (nSPS) is 25.3. The van der Waals surface area contributed by atoms with E-state index in [0.29, 0.717) is 6.07 Å². The summed E-state index contributed by atoms with van der Waals surface area (Å²) in [5.74, 6) is -4.46. The zero-order chi connectivity index (χ0) is 22.8. The molecule has 1 saturated heterocycles. The Kier molecular flexibility index (Phi) is 6.96. The highest BCUT2D eigenvalue weighted by Crippen LogP contribution is 2.41. The van der Waals surface area contributed by atoms with Gasteiger partial charge in [0, 0.05) is 12.5 Å². The maximum Gasteiger partial charge on any atom is 0.335 e. The number of aliphatic hydroxyl groups is 2. The molecule has 0 bridgehead atoms. The fourth-order valence-electron chi connectivity index (χ4n) is 3.60. The molecule has 3 atom stereocenters. The van der Waals surface area contributed by atoms with Crippen LogP contribution in [0.4, 0.5) is 14.5 Å². The first-order valence-corrected chi connectivity index (χ1v) is 11.1. The molecule has 1 aromatic carbocycles. The van der Waals surface area contributed by atoms with Crippen LogP contribution in [0.3, 0.4) is 0 Å². The van der Waals surface area contributed by atoms with Crippen molar-refractivity contribution < 1.29 is 46.4 Å². The fraction of sp³-hybridized carbons (Fsp3) is 0.526. The minimum atomic E-state index is -4.36. The first-order valence-electron chi connectivity index (χ1n) is 9.58. The first-order chi connectivity index (χ1) is 14.6. The molecule has 1 aromatic rings. The van der Waals surface area contributed by atoms with E-state index in [2.05, 4.69) is 0 Å². The lowest BCUT2D eigenvalue weighted by Crippen LogP contribution is -2.42. The van der Waals surface area contributed by atoms with Gasteiger partial charge in [-0.25, -0.2) is 22.0 Å². The number of aliphatic hydroxyl groups excluding tert-OH is 2. The Balaban J connectivity index is 1.95. The van der Waals surface area contributed by atoms with E-state index in [0.717, 1.165) is 18.2 Å². The summed E-state index contributed by atoms with van der Waals surface area (Å²) in [6, 6.07) is 2.35. The first kappa shape index (κ1) is 23.5. The molecule has 31 heavy (non-hydrogen) atoms. The summed E-state index contributed by atoms with van der Waals surface area (Å²) < 4.78 is 71.4. The molecule has 1 unspecified atom stereocenters. The van der Waals surface area contributed by atoms with E-state index in [4.69, 9.17) is 14.2 Å². The third kappa shape index (κ3) is 4.88. The number of carbonyl (C=O) groups excluding carboxylic acids is 1. The Morgan fingerprint density at radius 1 is 1.26 bits per heavy atom. The van der Waals surface area contributed by atoms with Gasteiger partial charge < -0.3 is 24.4 Å². The molecule has 0 saturated carbocycles. The van der Waals surface area contributed by atoms with Gasteiger partial charge in [-0.1, -0.05) is 0 Å². The largest absolute Gasteiger partial charge is 0.463 e. The Hall–Kier alpha value is -2.12. The van der Waals surface area contributed by atoms with Gasteiger partial charge >= 0.3 is 5.97 Å². The van der Waals surface area contributed by atoms with E-state index in [-0.39, 0.29) is 25.0 Å². The Morgan fingerprint density at radius 3 is 2.45 bits per heavy atom. The highest BCUT2D eigenvalue weighted by Gasteiger charge is 2.51. The lowest BCUT2D eigenvalue weighted by atomic mass is 9.94. The number of hydrogen-bond donors (Lipinski definition) is 3. The summed E-state index contributed by atoms with van der Waals surface area (Å²) >= 11 is 0. The van der Waals surface area contributed by atoms with Crippen LogP contribution in [0, 0.1) is 11.6 Å². The predicted octanol–water partition coefficient (Wildman–Crippen LogP) is 0.823. The molecular formula is C19H23F2NO8S. The van der Waals surface area contributed by atoms with Gasteiger partial charge in [0.25, 0.3) is 0 Å². The molecule has 1 aliphatic heterocycles. The van der Waals surface area contributed by atoms with Crippen LogP contribution < -0.4 is 4.72 Å². The van der Waals surface area contributed by atoms with E-state index in [1.165, 1.54) is 0 Å². The molecule has 3 rings (SSSR count). The third-order valence-electron chi connectivity index (χ3n) is 5.02. The molecule has 1 fully saturated rings. The summed E-state index contributed by atoms with van der Waals surface area (Å²) in [6.45, 7) is 0.598. The number of carbonyl (C=O) groups is 1. The van der Waals surface area contributed by atoms with E-state index >= 15 is 0 Å². The van der Waals surface area contributed by atoms with Crippen LogP contribution in [0.5, 0.6) is 0 Å². The SMILES string of the molecule is CCOC(=O)C1=CC2(CCC1S(=O)(=O)Nc1ccc(F)cc1F)O[C@@H](CO)[C@H](CO)O2. The minimum absolute atomic E-state index is 0.0274. The number of anilines is 1. The molecule has 0 amide bonds. The Bertz CT molecular complexity index is 956. The lowest BCUT2D eigenvalue weighted by molar-refractivity contribution is -0.154. The molecule has 1 aliphatic carbocycles. The molecule has 0 radical (unpaired) electrons. The second kappa shape index (κ2) is 9.17. The highest BCUT2D eigenvalue weighted by molar-refractivity contribution is 7.93. The summed E-state index contributed by atoms with van der Waals surface area (Å²) in [6.07, 6.45) is -0.773. The molecule has 9 nitrogen and oxygen atoms in total. The number of hydrogen-bond acceptors (Lipinski definition) is 8. The average molecular weight is 463 g/mol. The molecule has 172 valence electrons. The van der Waals surface area contributed by atoms with Crippen molar-refractivity contribution in [2.75, 3.05) is 24.5 Å². The van der Waals surface area contributed by atoms with Gasteiger partial charge in [0.1, 0.15) is 29.1 Å². The maximum atomic E-state index is 14.0. The van der Waals surface area contributed by atoms with Gasteiger partial charge in [-0.3, -0.25) is 4.72 Å². The van der Waals surface area contributed by atoms with Gasteiger partial charge in [0.15, 0.2) is 5.79 Å². The molecule has 0 aromatic heterocycles. The van der Waals surface area contributed by atoms with Crippen LogP contribution in [-0.4, -0.2) is 67.7 Å². The van der Waals surface area contributed by atoms with Crippen LogP contribution in [0.15, 0.2) is 29.8 Å². The van der Waals surface area contributed by atoms with Gasteiger partial charge in [0.2, 0.25) is 10.0 Å². The quantitative estimate of drug-likeness (QED) is 0.507. The van der Waals surface area contributed by atoms with Crippen LogP contribution in [-0.2, 0) is 29.0 Å². The highest BCUT2D eigenvalue weighted by atomic mass is 32.2. The van der Waals surface area contributed by atoms with Crippen molar-refractivity contribution in [3.05, 3.63) is 41.5 Å². The van der Waals surface area contributed by atoms with Crippen molar-refractivity contribution in [3.8, 4) is 0 Å². The van der Waals surface area contributed by atoms with E-state index < -0.39 is 69.8 Å². The smallest absolute Gasteiger partial charge is 0.335 e. The zero-order valence-electron chi connectivity index (χ0n) is 16.6. The number of ether oxygens (including phenoxy) is 3. The monoisotopic (exact) mass is 463 g/mol. The second-order valence-electron chi connectivity index (χ2n) is 7.11. The number of rotatable bonds is 7. The van der Waals surface area contributed by atoms with Crippen LogP contribution >= 0.6 is 0 Å². The molecule has 2 aliphatic rings. The summed E-state index contributed by atoms with van der Waals surface area (Å²) in [7, 11) is -4.36. The van der Waals surface area contributed by atoms with Gasteiger partial charge in [0.05, 0.1) is 31.1 Å². The average Bonchev–Trinajstić information content (AvgIpc) is 3.07. The number of sulfonamides is 1. The lowest BCUT2D eigenvalue weighted by Gasteiger charge is -2.33. The van der Waals surface area contributed by atoms with Crippen LogP contribution in [0.1, 0.15) is 19.8 Å². The standard InChI is InChI=1S/C19H23F2NO8S/c1-2-28-18(25)12-8-19(29-15(9-23)16(10-24)30-19)6-5-17(12)31(26,27)22-14-4-3-11(20)7-13(14)21/h3-4,7-8,15-17,22-24H,2,5-6,9-10H2,1H3/t15-,16-,17?/m0/s1. The van der Waals surface area contributed by atoms with Crippen molar-refractivity contribution in [3.63, 3.8) is 0 Å². The van der Waals surface area contributed by atoms with Crippen molar-refractivity contribution in [1.29, 1.82) is 0 Å². The Morgan fingerprint density at radius 2 is 1.90 bits per heavy atom. The third-order valence-corrected chi connectivity index (χ3v) is 6.77. The Labute approximate surface area is 177 Å². The second-order valence-corrected chi connectivity index (χ2v) is 8.97. The van der Waals surface area contributed by atoms with Crippen molar-refractivity contribution in [2.45, 2.75) is 43.0 Å². The van der Waals surface area contributed by atoms with Crippen LogP contribution in [0.25, 0.3) is 0 Å². The molecular weight excluding hydrogens is 440 g/mol. The summed E-state index contributed by atoms with van der Waals surface area (Å²) in [4.78, 5) is 12.5. The zero-order valence-corrected chi connectivity index (χ0v) is 17.4. The maximum absolute atomic E-state index is 14.0. The molecule has 1 spiro atoms. The van der Waals surface area contributed by atoms with Crippen LogP contribution in [0.2, 0.25) is 0 Å². The number of nitrogens with one attached hydrogen (secondary N) is 1. The summed E-state index contributed by atoms with van der Waals surface area (Å²) in [5.41, 5.74) is -0.766.